The van der Waals surface area contributed by atoms with Crippen LogP contribution in [0.3, 0.4) is 0 Å². The summed E-state index contributed by atoms with van der Waals surface area (Å²) in [5.74, 6) is -0.612. The minimum Gasteiger partial charge on any atom is -0.480 e. The number of hydrogen-bond donors (Lipinski definition) is 3. The number of anilines is 1. The van der Waals surface area contributed by atoms with Gasteiger partial charge in [-0.25, -0.2) is 9.97 Å². The first-order valence-corrected chi connectivity index (χ1v) is 10.4. The zero-order chi connectivity index (χ0) is 22.4. The van der Waals surface area contributed by atoms with E-state index in [2.05, 4.69) is 26.7 Å². The number of carbonyl (C=O) groups excluding carboxylic acids is 2. The number of hydrogen-bond acceptors (Lipinski definition) is 7. The Morgan fingerprint density at radius 2 is 1.77 bits per heavy atom. The first kappa shape index (κ1) is 22.2. The molecule has 0 saturated heterocycles. The van der Waals surface area contributed by atoms with Gasteiger partial charge in [0.1, 0.15) is 23.0 Å². The lowest BCUT2D eigenvalue weighted by Crippen LogP contribution is -2.39. The number of nitrogens with zero attached hydrogens (tertiary/aromatic N) is 3. The van der Waals surface area contributed by atoms with Crippen molar-refractivity contribution >= 4 is 45.2 Å². The summed E-state index contributed by atoms with van der Waals surface area (Å²) in [6.45, 7) is 1.48. The lowest BCUT2D eigenvalue weighted by molar-refractivity contribution is -0.137. The van der Waals surface area contributed by atoms with Gasteiger partial charge in [-0.05, 0) is 18.6 Å². The molecule has 0 radical (unpaired) electrons. The highest BCUT2D eigenvalue weighted by atomic mass is 32.1. The third-order valence-electron chi connectivity index (χ3n) is 4.46. The van der Waals surface area contributed by atoms with Crippen molar-refractivity contribution in [3.63, 3.8) is 0 Å². The van der Waals surface area contributed by atoms with Crippen LogP contribution in [0.4, 0.5) is 5.82 Å². The van der Waals surface area contributed by atoms with Crippen molar-refractivity contribution in [2.75, 3.05) is 31.6 Å². The zero-order valence-corrected chi connectivity index (χ0v) is 18.0. The highest BCUT2D eigenvalue weighted by molar-refractivity contribution is 7.21. The second kappa shape index (κ2) is 9.98. The first-order valence-electron chi connectivity index (χ1n) is 9.63. The number of aryl methyl sites for hydroxylation is 1. The molecule has 0 spiro atoms. The van der Waals surface area contributed by atoms with Crippen LogP contribution in [0.15, 0.2) is 36.4 Å². The number of amides is 2. The Bertz CT molecular complexity index is 1100. The topological polar surface area (TPSA) is 125 Å². The molecule has 3 rings (SSSR count). The fourth-order valence-corrected chi connectivity index (χ4v) is 4.00. The van der Waals surface area contributed by atoms with E-state index in [-0.39, 0.29) is 18.9 Å². The van der Waals surface area contributed by atoms with Gasteiger partial charge in [-0.1, -0.05) is 30.3 Å². The van der Waals surface area contributed by atoms with Crippen molar-refractivity contribution < 1.29 is 19.5 Å². The number of nitrogens with one attached hydrogen (secondary N) is 2. The summed E-state index contributed by atoms with van der Waals surface area (Å²) in [5, 5.41) is 14.1. The van der Waals surface area contributed by atoms with Crippen molar-refractivity contribution in [2.45, 2.75) is 13.3 Å². The van der Waals surface area contributed by atoms with Crippen LogP contribution in [0.25, 0.3) is 20.7 Å². The molecule has 2 amide bonds. The van der Waals surface area contributed by atoms with E-state index in [0.29, 0.717) is 12.4 Å². The fourth-order valence-electron chi connectivity index (χ4n) is 2.92. The monoisotopic (exact) mass is 441 g/mol. The van der Waals surface area contributed by atoms with Crippen LogP contribution in [-0.4, -0.2) is 59.5 Å². The number of aromatic nitrogens is 2. The van der Waals surface area contributed by atoms with E-state index in [4.69, 9.17) is 5.11 Å². The summed E-state index contributed by atoms with van der Waals surface area (Å²) in [5.41, 5.74) is 1.11. The molecule has 0 aliphatic rings. The van der Waals surface area contributed by atoms with E-state index in [1.54, 1.807) is 11.3 Å². The molecule has 31 heavy (non-hydrogen) atoms. The van der Waals surface area contributed by atoms with Gasteiger partial charge >= 0.3 is 5.97 Å². The second-order valence-corrected chi connectivity index (χ2v) is 7.94. The van der Waals surface area contributed by atoms with Crippen LogP contribution < -0.4 is 15.5 Å². The molecule has 3 aromatic rings. The molecule has 3 N–H and O–H groups in total. The SMILES string of the molecule is Cc1nc(N(C)CCC(=O)NCC(=O)NCC(=O)O)c2cc(-c3ccccc3)sc2n1. The summed E-state index contributed by atoms with van der Waals surface area (Å²) in [6.07, 6.45) is 0.156. The molecule has 0 fully saturated rings. The summed E-state index contributed by atoms with van der Waals surface area (Å²) in [6, 6.07) is 12.1. The average Bonchev–Trinajstić information content (AvgIpc) is 3.18. The Balaban J connectivity index is 1.64. The van der Waals surface area contributed by atoms with Gasteiger partial charge in [0.05, 0.1) is 11.9 Å². The van der Waals surface area contributed by atoms with E-state index >= 15 is 0 Å². The Morgan fingerprint density at radius 1 is 1.06 bits per heavy atom. The molecule has 0 bridgehead atoms. The highest BCUT2D eigenvalue weighted by Crippen LogP contribution is 2.36. The molecule has 9 nitrogen and oxygen atoms in total. The molecular weight excluding hydrogens is 418 g/mol. The van der Waals surface area contributed by atoms with Crippen LogP contribution in [0.5, 0.6) is 0 Å². The molecule has 0 aliphatic heterocycles. The van der Waals surface area contributed by atoms with Crippen LogP contribution >= 0.6 is 11.3 Å². The summed E-state index contributed by atoms with van der Waals surface area (Å²) >= 11 is 1.60. The molecule has 2 heterocycles. The van der Waals surface area contributed by atoms with E-state index < -0.39 is 18.4 Å². The Morgan fingerprint density at radius 3 is 2.48 bits per heavy atom. The Labute approximate surface area is 183 Å². The molecule has 0 aliphatic carbocycles. The lowest BCUT2D eigenvalue weighted by atomic mass is 10.2. The van der Waals surface area contributed by atoms with Gasteiger partial charge < -0.3 is 20.6 Å². The number of carbonyl (C=O) groups is 3. The van der Waals surface area contributed by atoms with Gasteiger partial charge in [0.15, 0.2) is 0 Å². The normalized spacial score (nSPS) is 10.6. The number of carboxylic acid groups (broad SMARTS) is 1. The Hall–Kier alpha value is -3.53. The van der Waals surface area contributed by atoms with Gasteiger partial charge in [0.2, 0.25) is 11.8 Å². The number of rotatable bonds is 9. The third kappa shape index (κ3) is 5.98. The number of benzene rings is 1. The minimum atomic E-state index is -1.14. The molecule has 162 valence electrons. The maximum atomic E-state index is 12.1. The van der Waals surface area contributed by atoms with E-state index in [9.17, 15) is 14.4 Å². The maximum absolute atomic E-state index is 12.1. The third-order valence-corrected chi connectivity index (χ3v) is 5.54. The molecule has 0 atom stereocenters. The number of thiophene rings is 1. The smallest absolute Gasteiger partial charge is 0.322 e. The van der Waals surface area contributed by atoms with Crippen molar-refractivity contribution in [1.82, 2.24) is 20.6 Å². The fraction of sp³-hybridized carbons (Fsp3) is 0.286. The largest absolute Gasteiger partial charge is 0.480 e. The molecule has 1 aromatic carbocycles. The first-order chi connectivity index (χ1) is 14.8. The molecule has 10 heteroatoms. The van der Waals surface area contributed by atoms with Crippen LogP contribution in [0, 0.1) is 6.92 Å². The number of aliphatic carboxylic acids is 1. The average molecular weight is 442 g/mol. The predicted octanol–water partition coefficient (Wildman–Crippen LogP) is 1.81. The van der Waals surface area contributed by atoms with Gasteiger partial charge in [0.25, 0.3) is 0 Å². The molecule has 0 saturated carbocycles. The van der Waals surface area contributed by atoms with Gasteiger partial charge in [-0.2, -0.15) is 0 Å². The van der Waals surface area contributed by atoms with Crippen LogP contribution in [0.1, 0.15) is 12.2 Å². The lowest BCUT2D eigenvalue weighted by Gasteiger charge is -2.19. The van der Waals surface area contributed by atoms with Gasteiger partial charge in [0, 0.05) is 24.9 Å². The van der Waals surface area contributed by atoms with Gasteiger partial charge in [-0.3, -0.25) is 14.4 Å². The Kier molecular flexibility index (Phi) is 7.14. The standard InChI is InChI=1S/C21H23N5O4S/c1-13-24-20(15-10-16(31-21(15)25-13)14-6-4-3-5-7-14)26(2)9-8-17(27)22-11-18(28)23-12-19(29)30/h3-7,10H,8-9,11-12H2,1-2H3,(H,22,27)(H,23,28)(H,29,30). The number of carboxylic acids is 1. The van der Waals surface area contributed by atoms with Crippen molar-refractivity contribution in [3.8, 4) is 10.4 Å². The molecule has 0 unspecified atom stereocenters. The van der Waals surface area contributed by atoms with E-state index in [1.807, 2.05) is 49.2 Å². The summed E-state index contributed by atoms with van der Waals surface area (Å²) in [4.78, 5) is 47.0. The minimum absolute atomic E-state index is 0.156. The van der Waals surface area contributed by atoms with Crippen LogP contribution in [0.2, 0.25) is 0 Å². The highest BCUT2D eigenvalue weighted by Gasteiger charge is 2.16. The van der Waals surface area contributed by atoms with Gasteiger partial charge in [-0.15, -0.1) is 11.3 Å². The number of fused-ring (bicyclic) bond motifs is 1. The maximum Gasteiger partial charge on any atom is 0.322 e. The second-order valence-electron chi connectivity index (χ2n) is 6.91. The predicted molar refractivity (Wildman–Crippen MR) is 119 cm³/mol. The molecule has 2 aromatic heterocycles. The zero-order valence-electron chi connectivity index (χ0n) is 17.2. The van der Waals surface area contributed by atoms with E-state index in [1.165, 1.54) is 0 Å². The quantitative estimate of drug-likeness (QED) is 0.462. The van der Waals surface area contributed by atoms with Crippen molar-refractivity contribution in [3.05, 3.63) is 42.2 Å². The van der Waals surface area contributed by atoms with Crippen molar-refractivity contribution in [2.24, 2.45) is 0 Å². The molecular formula is C21H23N5O4S. The van der Waals surface area contributed by atoms with E-state index in [0.717, 1.165) is 26.5 Å². The van der Waals surface area contributed by atoms with Crippen molar-refractivity contribution in [1.29, 1.82) is 0 Å². The summed E-state index contributed by atoms with van der Waals surface area (Å²) in [7, 11) is 1.86. The summed E-state index contributed by atoms with van der Waals surface area (Å²) < 4.78 is 0. The van der Waals surface area contributed by atoms with Crippen LogP contribution in [-0.2, 0) is 14.4 Å².